The maximum absolute atomic E-state index is 12.3. The minimum atomic E-state index is -0.0822. The zero-order valence-corrected chi connectivity index (χ0v) is 16.1. The second-order valence-corrected chi connectivity index (χ2v) is 7.45. The second-order valence-electron chi connectivity index (χ2n) is 7.45. The molecule has 1 aliphatic heterocycles. The summed E-state index contributed by atoms with van der Waals surface area (Å²) in [5.41, 5.74) is 5.84. The van der Waals surface area contributed by atoms with Crippen LogP contribution in [0.3, 0.4) is 0 Å². The Morgan fingerprint density at radius 1 is 1.12 bits per heavy atom. The first-order chi connectivity index (χ1) is 12.3. The molecule has 1 aromatic heterocycles. The molecule has 3 rings (SSSR count). The number of aromatic nitrogens is 3. The number of amides is 1. The molecule has 1 saturated heterocycles. The number of nitrogen functional groups attached to an aromatic ring is 1. The molecule has 26 heavy (non-hydrogen) atoms. The minimum absolute atomic E-state index is 0.0525. The van der Waals surface area contributed by atoms with Crippen LogP contribution in [0.25, 0.3) is 0 Å². The molecule has 2 unspecified atom stereocenters. The summed E-state index contributed by atoms with van der Waals surface area (Å²) < 4.78 is 0. The van der Waals surface area contributed by atoms with Gasteiger partial charge in [-0.25, -0.2) is 0 Å². The number of anilines is 2. The van der Waals surface area contributed by atoms with Gasteiger partial charge in [0.05, 0.1) is 12.1 Å². The summed E-state index contributed by atoms with van der Waals surface area (Å²) >= 11 is 0. The van der Waals surface area contributed by atoms with Gasteiger partial charge in [-0.2, -0.15) is 15.0 Å². The molecule has 1 aromatic rings. The van der Waals surface area contributed by atoms with Crippen molar-refractivity contribution >= 4 is 17.8 Å². The molecule has 9 nitrogen and oxygen atoms in total. The topological polar surface area (TPSA) is 104 Å². The molecular weight excluding hydrogens is 332 g/mol. The fourth-order valence-corrected chi connectivity index (χ4v) is 3.17. The minimum Gasteiger partial charge on any atom is -0.368 e. The highest BCUT2D eigenvalue weighted by atomic mass is 16.2. The second kappa shape index (κ2) is 7.71. The van der Waals surface area contributed by atoms with Crippen molar-refractivity contribution in [2.75, 3.05) is 50.9 Å². The lowest BCUT2D eigenvalue weighted by Gasteiger charge is -2.39. The van der Waals surface area contributed by atoms with Gasteiger partial charge < -0.3 is 16.0 Å². The van der Waals surface area contributed by atoms with Crippen LogP contribution in [0.5, 0.6) is 0 Å². The van der Waals surface area contributed by atoms with Gasteiger partial charge in [0.25, 0.3) is 0 Å². The van der Waals surface area contributed by atoms with Crippen LogP contribution in [-0.2, 0) is 4.79 Å². The summed E-state index contributed by atoms with van der Waals surface area (Å²) in [6.07, 6.45) is 2.24. The van der Waals surface area contributed by atoms with Gasteiger partial charge in [-0.3, -0.25) is 14.6 Å². The van der Waals surface area contributed by atoms with Gasteiger partial charge in [-0.1, -0.05) is 0 Å². The van der Waals surface area contributed by atoms with E-state index in [-0.39, 0.29) is 23.9 Å². The maximum Gasteiger partial charge on any atom is 0.237 e. The predicted molar refractivity (Wildman–Crippen MR) is 101 cm³/mol. The summed E-state index contributed by atoms with van der Waals surface area (Å²) in [4.78, 5) is 31.7. The van der Waals surface area contributed by atoms with Crippen LogP contribution in [0.2, 0.25) is 0 Å². The lowest BCUT2D eigenvalue weighted by molar-refractivity contribution is -0.126. The molecule has 1 aliphatic carbocycles. The number of carbonyl (C=O) groups is 1. The molecule has 2 heterocycles. The lowest BCUT2D eigenvalue weighted by atomic mass is 10.1. The molecule has 3 N–H and O–H groups in total. The third kappa shape index (κ3) is 4.39. The molecule has 9 heteroatoms. The summed E-state index contributed by atoms with van der Waals surface area (Å²) in [5.74, 6) is 1.65. The van der Waals surface area contributed by atoms with Gasteiger partial charge >= 0.3 is 0 Å². The quantitative estimate of drug-likeness (QED) is 0.721. The standard InChI is InChI=1S/C17H30N8O/c1-11(14-20-16(18)22-17(21-14)23(3)4)24-7-9-25(10-8-24)12(2)15(26)19-13-5-6-13/h11-13H,5-10H2,1-4H3,(H,19,26)(H2,18,20,21,22). The van der Waals surface area contributed by atoms with Crippen molar-refractivity contribution in [1.82, 2.24) is 30.1 Å². The number of hydrogen-bond donors (Lipinski definition) is 2. The first kappa shape index (κ1) is 18.8. The van der Waals surface area contributed by atoms with Crippen LogP contribution >= 0.6 is 0 Å². The Labute approximate surface area is 155 Å². The van der Waals surface area contributed by atoms with Crippen LogP contribution in [0.4, 0.5) is 11.9 Å². The molecule has 1 saturated carbocycles. The third-order valence-electron chi connectivity index (χ3n) is 5.18. The average Bonchev–Trinajstić information content (AvgIpc) is 3.44. The van der Waals surface area contributed by atoms with E-state index in [1.165, 1.54) is 0 Å². The Hall–Kier alpha value is -2.00. The van der Waals surface area contributed by atoms with Gasteiger partial charge in [-0.05, 0) is 26.7 Å². The highest BCUT2D eigenvalue weighted by Crippen LogP contribution is 2.22. The van der Waals surface area contributed by atoms with E-state index in [2.05, 4.69) is 37.0 Å². The molecule has 144 valence electrons. The largest absolute Gasteiger partial charge is 0.368 e. The van der Waals surface area contributed by atoms with E-state index in [0.717, 1.165) is 39.0 Å². The van der Waals surface area contributed by atoms with Gasteiger partial charge in [-0.15, -0.1) is 0 Å². The number of carbonyl (C=O) groups excluding carboxylic acids is 1. The van der Waals surface area contributed by atoms with Crippen molar-refractivity contribution in [3.8, 4) is 0 Å². The zero-order valence-electron chi connectivity index (χ0n) is 16.1. The van der Waals surface area contributed by atoms with Crippen molar-refractivity contribution in [3.63, 3.8) is 0 Å². The Bertz CT molecular complexity index is 640. The van der Waals surface area contributed by atoms with E-state index in [4.69, 9.17) is 5.73 Å². The summed E-state index contributed by atoms with van der Waals surface area (Å²) in [7, 11) is 3.77. The molecule has 2 atom stereocenters. The number of rotatable bonds is 6. The van der Waals surface area contributed by atoms with Gasteiger partial charge in [0.2, 0.25) is 17.8 Å². The van der Waals surface area contributed by atoms with Crippen LogP contribution in [0.1, 0.15) is 38.6 Å². The molecular formula is C17H30N8O. The monoisotopic (exact) mass is 362 g/mol. The average molecular weight is 362 g/mol. The number of piperazine rings is 1. The molecule has 0 bridgehead atoms. The van der Waals surface area contributed by atoms with Gasteiger partial charge in [0, 0.05) is 46.3 Å². The van der Waals surface area contributed by atoms with Crippen LogP contribution < -0.4 is 16.0 Å². The SMILES string of the molecule is CC(C(=O)NC1CC1)N1CCN(C(C)c2nc(N)nc(N(C)C)n2)CC1. The normalized spacial score (nSPS) is 21.2. The zero-order chi connectivity index (χ0) is 18.8. The smallest absolute Gasteiger partial charge is 0.237 e. The fraction of sp³-hybridized carbons (Fsp3) is 0.765. The maximum atomic E-state index is 12.3. The van der Waals surface area contributed by atoms with Crippen LogP contribution in [-0.4, -0.2) is 83.0 Å². The van der Waals surface area contributed by atoms with E-state index in [0.29, 0.717) is 17.8 Å². The van der Waals surface area contributed by atoms with Crippen molar-refractivity contribution in [2.24, 2.45) is 0 Å². The number of nitrogens with zero attached hydrogens (tertiary/aromatic N) is 6. The van der Waals surface area contributed by atoms with E-state index in [9.17, 15) is 4.79 Å². The van der Waals surface area contributed by atoms with Gasteiger partial charge in [0.1, 0.15) is 0 Å². The molecule has 0 aromatic carbocycles. The van der Waals surface area contributed by atoms with Crippen molar-refractivity contribution in [2.45, 2.75) is 44.8 Å². The highest BCUT2D eigenvalue weighted by Gasteiger charge is 2.31. The number of nitrogens with two attached hydrogens (primary N) is 1. The molecule has 0 radical (unpaired) electrons. The van der Waals surface area contributed by atoms with Crippen molar-refractivity contribution in [3.05, 3.63) is 5.82 Å². The number of nitrogens with one attached hydrogen (secondary N) is 1. The first-order valence-corrected chi connectivity index (χ1v) is 9.32. The van der Waals surface area contributed by atoms with Crippen LogP contribution in [0.15, 0.2) is 0 Å². The Morgan fingerprint density at radius 3 is 2.31 bits per heavy atom. The van der Waals surface area contributed by atoms with E-state index in [1.807, 2.05) is 25.9 Å². The Kier molecular flexibility index (Phi) is 5.57. The Balaban J connectivity index is 1.58. The van der Waals surface area contributed by atoms with E-state index in [1.54, 1.807) is 0 Å². The van der Waals surface area contributed by atoms with E-state index < -0.39 is 0 Å². The molecule has 2 fully saturated rings. The number of hydrogen-bond acceptors (Lipinski definition) is 8. The summed E-state index contributed by atoms with van der Waals surface area (Å²) in [5, 5.41) is 3.09. The van der Waals surface area contributed by atoms with Crippen molar-refractivity contribution < 1.29 is 4.79 Å². The van der Waals surface area contributed by atoms with Gasteiger partial charge in [0.15, 0.2) is 5.82 Å². The fourth-order valence-electron chi connectivity index (χ4n) is 3.17. The molecule has 1 amide bonds. The summed E-state index contributed by atoms with van der Waals surface area (Å²) in [6, 6.07) is 0.379. The third-order valence-corrected chi connectivity index (χ3v) is 5.18. The predicted octanol–water partition coefficient (Wildman–Crippen LogP) is -0.134. The summed E-state index contributed by atoms with van der Waals surface area (Å²) in [6.45, 7) is 7.52. The van der Waals surface area contributed by atoms with E-state index >= 15 is 0 Å². The molecule has 2 aliphatic rings. The van der Waals surface area contributed by atoms with Crippen LogP contribution in [0, 0.1) is 0 Å². The lowest BCUT2D eigenvalue weighted by Crippen LogP contribution is -2.54. The molecule has 0 spiro atoms. The first-order valence-electron chi connectivity index (χ1n) is 9.32. The van der Waals surface area contributed by atoms with Crippen molar-refractivity contribution in [1.29, 1.82) is 0 Å². The highest BCUT2D eigenvalue weighted by molar-refractivity contribution is 5.81. The Morgan fingerprint density at radius 2 is 1.73 bits per heavy atom.